The standard InChI is InChI=1S/C31H38N4O8SSi/c1-16(36)22-26-31(6,13-18-9-11-19(12-10-18)35(41)42)23(25(29(39)40)34(26)27(22)38)21-14-33-17(2)32-24(28(33)44-21)20(37)15-43-45(7,8)30(3,4)5/h9-12,14,16,22,26,36H,13,15H2,1-8H3,(H,39,40)/t16-,22-,26-,31+/m1/s1. The van der Waals surface area contributed by atoms with Crippen LogP contribution in [0.25, 0.3) is 10.4 Å². The highest BCUT2D eigenvalue weighted by atomic mass is 32.1. The van der Waals surface area contributed by atoms with E-state index >= 15 is 0 Å². The van der Waals surface area contributed by atoms with Gasteiger partial charge in [-0.15, -0.1) is 11.3 Å². The average Bonchev–Trinajstić information content (AvgIpc) is 3.55. The van der Waals surface area contributed by atoms with Gasteiger partial charge in [0.1, 0.15) is 22.0 Å². The Morgan fingerprint density at radius 2 is 1.87 bits per heavy atom. The number of hydrogen-bond acceptors (Lipinski definition) is 9. The lowest BCUT2D eigenvalue weighted by Gasteiger charge is -2.51. The number of benzene rings is 1. The fraction of sp³-hybridized carbons (Fsp3) is 0.484. The van der Waals surface area contributed by atoms with E-state index in [9.17, 15) is 34.7 Å². The molecule has 4 atom stereocenters. The van der Waals surface area contributed by atoms with Crippen LogP contribution in [0.15, 0.2) is 36.2 Å². The topological polar surface area (TPSA) is 165 Å². The quantitative estimate of drug-likeness (QED) is 0.0997. The SMILES string of the molecule is Cc1nc(C(=O)CO[Si](C)(C)C(C)(C)C)c2sc(C3=C(C(=O)O)N4C(=O)[C@H]([C@@H](C)O)[C@@H]4[C@@]3(C)Cc3ccc([N+](=O)[O-])cc3)cn12. The van der Waals surface area contributed by atoms with Crippen molar-refractivity contribution in [1.29, 1.82) is 0 Å². The number of Topliss-reactive ketones (excluding diaryl/α,β-unsaturated/α-hetero) is 1. The molecule has 2 aliphatic heterocycles. The lowest BCUT2D eigenvalue weighted by Crippen LogP contribution is -2.66. The highest BCUT2D eigenvalue weighted by Gasteiger charge is 2.66. The number of nitro benzene ring substituents is 1. The first kappa shape index (κ1) is 32.7. The van der Waals surface area contributed by atoms with Crippen LogP contribution in [0.2, 0.25) is 18.1 Å². The maximum Gasteiger partial charge on any atom is 0.352 e. The van der Waals surface area contributed by atoms with Gasteiger partial charge < -0.3 is 19.5 Å². The second-order valence-electron chi connectivity index (χ2n) is 13.7. The number of carboxylic acid groups (broad SMARTS) is 1. The number of nitrogens with zero attached hydrogens (tertiary/aromatic N) is 4. The van der Waals surface area contributed by atoms with E-state index in [1.807, 2.05) is 6.92 Å². The third-order valence-corrected chi connectivity index (χ3v) is 15.3. The van der Waals surface area contributed by atoms with E-state index in [0.29, 0.717) is 26.7 Å². The Hall–Kier alpha value is -3.72. The number of aryl methyl sites for hydroxylation is 1. The zero-order valence-electron chi connectivity index (χ0n) is 26.6. The monoisotopic (exact) mass is 654 g/mol. The van der Waals surface area contributed by atoms with Gasteiger partial charge in [-0.3, -0.25) is 24.1 Å². The summed E-state index contributed by atoms with van der Waals surface area (Å²) in [5.41, 5.74) is 0.0890. The van der Waals surface area contributed by atoms with Crippen LogP contribution in [0.1, 0.15) is 61.4 Å². The van der Waals surface area contributed by atoms with Crippen LogP contribution in [0.4, 0.5) is 5.69 Å². The minimum atomic E-state index is -2.22. The molecule has 3 aromatic rings. The van der Waals surface area contributed by atoms with Crippen LogP contribution < -0.4 is 0 Å². The molecular formula is C31H38N4O8SSi. The summed E-state index contributed by atoms with van der Waals surface area (Å²) >= 11 is 1.22. The lowest BCUT2D eigenvalue weighted by molar-refractivity contribution is -0.384. The van der Waals surface area contributed by atoms with Crippen LogP contribution >= 0.6 is 11.3 Å². The summed E-state index contributed by atoms with van der Waals surface area (Å²) in [4.78, 5) is 57.2. The second-order valence-corrected chi connectivity index (χ2v) is 19.6. The number of amides is 1. The predicted octanol–water partition coefficient (Wildman–Crippen LogP) is 5.08. The Balaban J connectivity index is 1.62. The first-order valence-corrected chi connectivity index (χ1v) is 18.4. The van der Waals surface area contributed by atoms with E-state index in [4.69, 9.17) is 4.43 Å². The number of carbonyl (C=O) groups excluding carboxylic acids is 2. The van der Waals surface area contributed by atoms with Crippen LogP contribution in [0.3, 0.4) is 0 Å². The Bertz CT molecular complexity index is 1770. The maximum absolute atomic E-state index is 13.5. The second kappa shape index (κ2) is 11.0. The molecule has 0 unspecified atom stereocenters. The summed E-state index contributed by atoms with van der Waals surface area (Å²) < 4.78 is 7.93. The number of nitro groups is 1. The number of aliphatic hydroxyl groups is 1. The van der Waals surface area contributed by atoms with E-state index in [1.54, 1.807) is 29.7 Å². The summed E-state index contributed by atoms with van der Waals surface area (Å²) in [5.74, 6) is -2.33. The molecule has 2 aliphatic rings. The molecular weight excluding hydrogens is 617 g/mol. The number of carboxylic acids is 1. The number of hydrogen-bond donors (Lipinski definition) is 2. The van der Waals surface area contributed by atoms with E-state index in [2.05, 4.69) is 38.8 Å². The fourth-order valence-electron chi connectivity index (χ4n) is 6.26. The van der Waals surface area contributed by atoms with Gasteiger partial charge in [0.15, 0.2) is 8.32 Å². The molecule has 0 aliphatic carbocycles. The van der Waals surface area contributed by atoms with Gasteiger partial charge in [-0.2, -0.15) is 0 Å². The Labute approximate surface area is 265 Å². The fourth-order valence-corrected chi connectivity index (χ4v) is 8.52. The molecule has 0 saturated carbocycles. The van der Waals surface area contributed by atoms with Crippen LogP contribution in [0, 0.1) is 28.4 Å². The number of fused-ring (bicyclic) bond motifs is 2. The number of aliphatic carboxylic acids is 1. The summed E-state index contributed by atoms with van der Waals surface area (Å²) in [6.07, 6.45) is 0.957. The highest BCUT2D eigenvalue weighted by Crippen LogP contribution is 2.59. The predicted molar refractivity (Wildman–Crippen MR) is 171 cm³/mol. The van der Waals surface area contributed by atoms with Crippen molar-refractivity contribution in [2.24, 2.45) is 11.3 Å². The van der Waals surface area contributed by atoms with Gasteiger partial charge in [0.05, 0.1) is 34.5 Å². The molecule has 4 heterocycles. The number of ketones is 1. The van der Waals surface area contributed by atoms with Crippen molar-refractivity contribution in [3.8, 4) is 0 Å². The number of non-ortho nitro benzene ring substituents is 1. The van der Waals surface area contributed by atoms with Crippen molar-refractivity contribution in [1.82, 2.24) is 14.3 Å². The first-order chi connectivity index (χ1) is 20.8. The number of aliphatic hydroxyl groups excluding tert-OH is 1. The van der Waals surface area contributed by atoms with Crippen LogP contribution in [0.5, 0.6) is 0 Å². The molecule has 2 aromatic heterocycles. The van der Waals surface area contributed by atoms with Crippen molar-refractivity contribution in [3.05, 3.63) is 68.2 Å². The molecule has 0 bridgehead atoms. The summed E-state index contributed by atoms with van der Waals surface area (Å²) in [5, 5.41) is 32.2. The molecule has 0 spiro atoms. The molecule has 12 nitrogen and oxygen atoms in total. The normalized spacial score (nSPS) is 22.5. The van der Waals surface area contributed by atoms with Crippen LogP contribution in [-0.4, -0.2) is 74.2 Å². The third kappa shape index (κ3) is 5.22. The minimum absolute atomic E-state index is 0.0780. The van der Waals surface area contributed by atoms with E-state index < -0.39 is 48.6 Å². The van der Waals surface area contributed by atoms with Gasteiger partial charge in [-0.25, -0.2) is 9.78 Å². The number of imidazole rings is 1. The maximum atomic E-state index is 13.5. The molecule has 1 fully saturated rings. The number of carbonyl (C=O) groups is 3. The van der Waals surface area contributed by atoms with E-state index in [-0.39, 0.29) is 40.9 Å². The number of rotatable bonds is 10. The zero-order valence-corrected chi connectivity index (χ0v) is 28.4. The molecule has 14 heteroatoms. The number of β-lactam (4-membered cyclic amide) rings is 1. The van der Waals surface area contributed by atoms with Crippen molar-refractivity contribution >= 4 is 53.4 Å². The molecule has 1 saturated heterocycles. The van der Waals surface area contributed by atoms with Crippen molar-refractivity contribution in [3.63, 3.8) is 0 Å². The summed E-state index contributed by atoms with van der Waals surface area (Å²) in [6, 6.07) is 5.35. The average molecular weight is 655 g/mol. The van der Waals surface area contributed by atoms with Gasteiger partial charge >= 0.3 is 5.97 Å². The molecule has 0 radical (unpaired) electrons. The van der Waals surface area contributed by atoms with Crippen molar-refractivity contribution in [2.75, 3.05) is 6.61 Å². The largest absolute Gasteiger partial charge is 0.477 e. The smallest absolute Gasteiger partial charge is 0.352 e. The highest BCUT2D eigenvalue weighted by molar-refractivity contribution is 7.18. The van der Waals surface area contributed by atoms with E-state index in [0.717, 1.165) is 0 Å². The van der Waals surface area contributed by atoms with Gasteiger partial charge in [0, 0.05) is 29.3 Å². The molecule has 1 aromatic carbocycles. The third-order valence-electron chi connectivity index (χ3n) is 9.66. The molecule has 5 rings (SSSR count). The summed E-state index contributed by atoms with van der Waals surface area (Å²) in [7, 11) is -2.22. The van der Waals surface area contributed by atoms with Crippen molar-refractivity contribution < 1.29 is 33.9 Å². The van der Waals surface area contributed by atoms with Crippen LogP contribution in [-0.2, 0) is 20.4 Å². The Kier molecular flexibility index (Phi) is 7.96. The Morgan fingerprint density at radius 1 is 1.24 bits per heavy atom. The molecule has 1 amide bonds. The van der Waals surface area contributed by atoms with E-state index in [1.165, 1.54) is 35.3 Å². The number of thiazole rings is 1. The van der Waals surface area contributed by atoms with Crippen molar-refractivity contribution in [2.45, 2.75) is 78.2 Å². The molecule has 240 valence electrons. The number of aromatic nitrogens is 2. The summed E-state index contributed by atoms with van der Waals surface area (Å²) in [6.45, 7) is 15.4. The molecule has 45 heavy (non-hydrogen) atoms. The molecule has 2 N–H and O–H groups in total. The lowest BCUT2D eigenvalue weighted by atomic mass is 9.64. The zero-order chi connectivity index (χ0) is 33.4. The Morgan fingerprint density at radius 3 is 2.40 bits per heavy atom. The first-order valence-electron chi connectivity index (χ1n) is 14.7. The van der Waals surface area contributed by atoms with Gasteiger partial charge in [-0.05, 0) is 44.0 Å². The van der Waals surface area contributed by atoms with Gasteiger partial charge in [-0.1, -0.05) is 39.8 Å². The minimum Gasteiger partial charge on any atom is -0.477 e. The van der Waals surface area contributed by atoms with Gasteiger partial charge in [0.25, 0.3) is 5.69 Å². The van der Waals surface area contributed by atoms with Gasteiger partial charge in [0.2, 0.25) is 11.7 Å².